The average molecular weight is 218 g/mol. The molecule has 0 aromatic heterocycles. The highest BCUT2D eigenvalue weighted by Gasteiger charge is 2.68. The highest BCUT2D eigenvalue weighted by molar-refractivity contribution is 5.93. The first-order valence-electron chi connectivity index (χ1n) is 6.44. The van der Waals surface area contributed by atoms with Gasteiger partial charge in [-0.25, -0.2) is 0 Å². The van der Waals surface area contributed by atoms with E-state index in [0.717, 1.165) is 6.42 Å². The van der Waals surface area contributed by atoms with Gasteiger partial charge in [-0.3, -0.25) is 4.79 Å². The molecule has 1 spiro atoms. The van der Waals surface area contributed by atoms with Crippen LogP contribution in [0.3, 0.4) is 0 Å². The molecule has 2 heterocycles. The van der Waals surface area contributed by atoms with Crippen molar-refractivity contribution in [2.45, 2.75) is 44.8 Å². The molecule has 2 saturated carbocycles. The van der Waals surface area contributed by atoms with E-state index in [0.29, 0.717) is 29.1 Å². The normalized spacial score (nSPS) is 61.8. The fourth-order valence-corrected chi connectivity index (χ4v) is 5.25. The van der Waals surface area contributed by atoms with Gasteiger partial charge in [0.15, 0.2) is 5.78 Å². The molecule has 0 aromatic rings. The lowest BCUT2D eigenvalue weighted by Crippen LogP contribution is -2.50. The van der Waals surface area contributed by atoms with E-state index in [-0.39, 0.29) is 11.5 Å². The van der Waals surface area contributed by atoms with Gasteiger partial charge in [-0.1, -0.05) is 13.0 Å². The topological polar surface area (TPSA) is 26.3 Å². The van der Waals surface area contributed by atoms with Crippen LogP contribution in [-0.2, 0) is 9.53 Å². The van der Waals surface area contributed by atoms with Gasteiger partial charge in [0.25, 0.3) is 0 Å². The second-order valence-corrected chi connectivity index (χ2v) is 6.66. The number of carbonyl (C=O) groups excluding carboxylic acids is 1. The third-order valence-corrected chi connectivity index (χ3v) is 5.51. The number of carbonyl (C=O) groups is 1. The number of rotatable bonds is 0. The molecule has 2 saturated heterocycles. The fourth-order valence-electron chi connectivity index (χ4n) is 5.25. The Labute approximate surface area is 96.0 Å². The number of ether oxygens (including phenoxy) is 1. The number of hydrogen-bond donors (Lipinski definition) is 0. The number of hydrogen-bond acceptors (Lipinski definition) is 2. The molecule has 4 bridgehead atoms. The summed E-state index contributed by atoms with van der Waals surface area (Å²) in [6.07, 6.45) is 8.04. The highest BCUT2D eigenvalue weighted by atomic mass is 16.5. The molecule has 16 heavy (non-hydrogen) atoms. The maximum atomic E-state index is 11.8. The lowest BCUT2D eigenvalue weighted by molar-refractivity contribution is -0.150. The van der Waals surface area contributed by atoms with Crippen LogP contribution in [0.15, 0.2) is 12.2 Å². The molecule has 5 aliphatic rings. The van der Waals surface area contributed by atoms with E-state index >= 15 is 0 Å². The van der Waals surface area contributed by atoms with Crippen LogP contribution in [0.2, 0.25) is 0 Å². The van der Waals surface area contributed by atoms with Gasteiger partial charge in [0.2, 0.25) is 0 Å². The van der Waals surface area contributed by atoms with Crippen LogP contribution in [-0.4, -0.2) is 17.5 Å². The third-order valence-electron chi connectivity index (χ3n) is 5.51. The van der Waals surface area contributed by atoms with E-state index in [9.17, 15) is 4.79 Å². The first kappa shape index (κ1) is 9.41. The Kier molecular flexibility index (Phi) is 1.44. The van der Waals surface area contributed by atoms with Gasteiger partial charge >= 0.3 is 0 Å². The zero-order chi connectivity index (χ0) is 11.1. The average Bonchev–Trinajstić information content (AvgIpc) is 2.56. The molecule has 2 nitrogen and oxygen atoms in total. The van der Waals surface area contributed by atoms with Gasteiger partial charge in [0.1, 0.15) is 0 Å². The van der Waals surface area contributed by atoms with Crippen LogP contribution < -0.4 is 0 Å². The summed E-state index contributed by atoms with van der Waals surface area (Å²) in [5.41, 5.74) is 0.405. The zero-order valence-corrected chi connectivity index (χ0v) is 9.90. The second kappa shape index (κ2) is 2.45. The predicted molar refractivity (Wildman–Crippen MR) is 59.9 cm³/mol. The van der Waals surface area contributed by atoms with Crippen LogP contribution in [0.1, 0.15) is 33.1 Å². The molecule has 86 valence electrons. The Hall–Kier alpha value is -0.630. The van der Waals surface area contributed by atoms with Crippen LogP contribution in [0.4, 0.5) is 0 Å². The molecule has 0 radical (unpaired) electrons. The summed E-state index contributed by atoms with van der Waals surface area (Å²) in [5, 5.41) is 0. The highest BCUT2D eigenvalue weighted by Crippen LogP contribution is 2.68. The van der Waals surface area contributed by atoms with Crippen LogP contribution in [0.25, 0.3) is 0 Å². The molecule has 0 amide bonds. The maximum absolute atomic E-state index is 11.8. The van der Waals surface area contributed by atoms with E-state index in [1.54, 1.807) is 0 Å². The molecule has 4 fully saturated rings. The molecule has 0 aromatic carbocycles. The Bertz CT molecular complexity index is 413. The van der Waals surface area contributed by atoms with Crippen molar-refractivity contribution in [3.63, 3.8) is 0 Å². The van der Waals surface area contributed by atoms with Crippen molar-refractivity contribution in [2.75, 3.05) is 0 Å². The molecule has 2 aliphatic heterocycles. The summed E-state index contributed by atoms with van der Waals surface area (Å²) in [6.45, 7) is 4.35. The van der Waals surface area contributed by atoms with Crippen molar-refractivity contribution < 1.29 is 9.53 Å². The Balaban J connectivity index is 1.87. The number of allylic oxidation sites excluding steroid dienone is 2. The van der Waals surface area contributed by atoms with Gasteiger partial charge in [-0.15, -0.1) is 0 Å². The molecule has 5 rings (SSSR count). The number of ketones is 1. The van der Waals surface area contributed by atoms with Crippen LogP contribution >= 0.6 is 0 Å². The summed E-state index contributed by atoms with van der Waals surface area (Å²) in [7, 11) is 0. The van der Waals surface area contributed by atoms with Gasteiger partial charge in [-0.05, 0) is 43.6 Å². The van der Waals surface area contributed by atoms with Crippen molar-refractivity contribution in [3.05, 3.63) is 12.2 Å². The maximum Gasteiger partial charge on any atom is 0.158 e. The molecule has 3 aliphatic carbocycles. The minimum atomic E-state index is 0.106. The summed E-state index contributed by atoms with van der Waals surface area (Å²) < 4.78 is 6.24. The molecular formula is C14H18O2. The first-order chi connectivity index (χ1) is 7.53. The first-order valence-corrected chi connectivity index (χ1v) is 6.44. The minimum Gasteiger partial charge on any atom is -0.371 e. The quantitative estimate of drug-likeness (QED) is 0.624. The van der Waals surface area contributed by atoms with Crippen molar-refractivity contribution in [1.29, 1.82) is 0 Å². The van der Waals surface area contributed by atoms with Gasteiger partial charge in [0.05, 0.1) is 11.7 Å². The van der Waals surface area contributed by atoms with Crippen molar-refractivity contribution >= 4 is 5.78 Å². The van der Waals surface area contributed by atoms with E-state index in [1.807, 2.05) is 6.08 Å². The second-order valence-electron chi connectivity index (χ2n) is 6.66. The fraction of sp³-hybridized carbons (Fsp3) is 0.786. The summed E-state index contributed by atoms with van der Waals surface area (Å²) in [5.74, 6) is 1.65. The Morgan fingerprint density at radius 3 is 3.06 bits per heavy atom. The van der Waals surface area contributed by atoms with Gasteiger partial charge in [0, 0.05) is 11.8 Å². The predicted octanol–water partition coefficient (Wildman–Crippen LogP) is 2.34. The van der Waals surface area contributed by atoms with E-state index in [4.69, 9.17) is 4.74 Å². The van der Waals surface area contributed by atoms with E-state index in [1.165, 1.54) is 12.8 Å². The third kappa shape index (κ3) is 0.874. The Morgan fingerprint density at radius 2 is 2.25 bits per heavy atom. The summed E-state index contributed by atoms with van der Waals surface area (Å²) in [6, 6.07) is 0. The lowest BCUT2D eigenvalue weighted by Gasteiger charge is -2.50. The smallest absolute Gasteiger partial charge is 0.158 e. The lowest BCUT2D eigenvalue weighted by atomic mass is 9.60. The van der Waals surface area contributed by atoms with E-state index < -0.39 is 0 Å². The zero-order valence-electron chi connectivity index (χ0n) is 9.90. The summed E-state index contributed by atoms with van der Waals surface area (Å²) >= 11 is 0. The monoisotopic (exact) mass is 218 g/mol. The molecular weight excluding hydrogens is 200 g/mol. The van der Waals surface area contributed by atoms with Crippen molar-refractivity contribution in [3.8, 4) is 0 Å². The van der Waals surface area contributed by atoms with E-state index in [2.05, 4.69) is 19.9 Å². The van der Waals surface area contributed by atoms with Crippen molar-refractivity contribution in [1.82, 2.24) is 0 Å². The Morgan fingerprint density at radius 1 is 1.44 bits per heavy atom. The minimum absolute atomic E-state index is 0.106. The molecule has 0 N–H and O–H groups in total. The standard InChI is InChI=1S/C14H18O2/c1-8-10(15)3-4-14-6-9-5-13(2,7-14)16-12(9)11(8)14/h3-4,8-9,11-12H,5-7H2,1-2H3. The van der Waals surface area contributed by atoms with Crippen molar-refractivity contribution in [2.24, 2.45) is 23.2 Å². The van der Waals surface area contributed by atoms with Gasteiger partial charge < -0.3 is 4.74 Å². The SMILES string of the molecule is CC1C(=O)C=CC23CC4CC(C)(C2)OC4C13. The summed E-state index contributed by atoms with van der Waals surface area (Å²) in [4.78, 5) is 11.8. The molecule has 6 unspecified atom stereocenters. The molecule has 2 heteroatoms. The van der Waals surface area contributed by atoms with Gasteiger partial charge in [-0.2, -0.15) is 0 Å². The van der Waals surface area contributed by atoms with Crippen LogP contribution in [0.5, 0.6) is 0 Å². The largest absolute Gasteiger partial charge is 0.371 e. The van der Waals surface area contributed by atoms with Crippen LogP contribution in [0, 0.1) is 23.2 Å². The molecule has 6 atom stereocenters.